The van der Waals surface area contributed by atoms with Gasteiger partial charge in [0, 0.05) is 56.1 Å². The van der Waals surface area contributed by atoms with E-state index < -0.39 is 0 Å². The summed E-state index contributed by atoms with van der Waals surface area (Å²) in [6.07, 6.45) is 4.06. The van der Waals surface area contributed by atoms with Crippen molar-refractivity contribution < 1.29 is 14.3 Å². The van der Waals surface area contributed by atoms with Gasteiger partial charge in [0.2, 0.25) is 11.9 Å². The highest BCUT2D eigenvalue weighted by molar-refractivity contribution is 5.95. The van der Waals surface area contributed by atoms with Crippen LogP contribution in [0.3, 0.4) is 0 Å². The highest BCUT2D eigenvalue weighted by atomic mass is 16.5. The number of nitrogens with zero attached hydrogens (tertiary/aromatic N) is 4. The highest BCUT2D eigenvalue weighted by Crippen LogP contribution is 2.19. The van der Waals surface area contributed by atoms with Gasteiger partial charge >= 0.3 is 0 Å². The summed E-state index contributed by atoms with van der Waals surface area (Å²) in [6.45, 7) is 6.18. The van der Waals surface area contributed by atoms with Gasteiger partial charge in [-0.25, -0.2) is 4.98 Å². The molecule has 170 valence electrons. The SMILES string of the molecule is CCC(=O)Nc1ccc(C(=O)N2CCCC(Nc3nccc(N4CCOCC4)n3)C2)cc1. The van der Waals surface area contributed by atoms with Gasteiger partial charge in [-0.2, -0.15) is 4.98 Å². The quantitative estimate of drug-likeness (QED) is 0.714. The smallest absolute Gasteiger partial charge is 0.253 e. The molecule has 1 atom stereocenters. The maximum atomic E-state index is 13.0. The van der Waals surface area contributed by atoms with E-state index in [9.17, 15) is 9.59 Å². The molecular weight excluding hydrogens is 408 g/mol. The van der Waals surface area contributed by atoms with E-state index >= 15 is 0 Å². The molecule has 2 amide bonds. The molecule has 2 N–H and O–H groups in total. The lowest BCUT2D eigenvalue weighted by Gasteiger charge is -2.33. The first-order chi connectivity index (χ1) is 15.6. The van der Waals surface area contributed by atoms with Gasteiger partial charge < -0.3 is 25.2 Å². The monoisotopic (exact) mass is 438 g/mol. The number of aromatic nitrogens is 2. The van der Waals surface area contributed by atoms with E-state index in [0.717, 1.165) is 38.3 Å². The predicted octanol–water partition coefficient (Wildman–Crippen LogP) is 2.38. The third-order valence-corrected chi connectivity index (χ3v) is 5.75. The number of hydrogen-bond donors (Lipinski definition) is 2. The molecule has 1 unspecified atom stereocenters. The molecule has 9 heteroatoms. The Bertz CT molecular complexity index is 930. The van der Waals surface area contributed by atoms with Crippen molar-refractivity contribution in [2.75, 3.05) is 54.9 Å². The molecule has 4 rings (SSSR count). The van der Waals surface area contributed by atoms with Crippen molar-refractivity contribution in [2.45, 2.75) is 32.2 Å². The number of morpholine rings is 1. The van der Waals surface area contributed by atoms with E-state index in [0.29, 0.717) is 43.4 Å². The van der Waals surface area contributed by atoms with Crippen LogP contribution in [0.1, 0.15) is 36.5 Å². The van der Waals surface area contributed by atoms with Crippen molar-refractivity contribution in [1.29, 1.82) is 0 Å². The third-order valence-electron chi connectivity index (χ3n) is 5.75. The Hall–Kier alpha value is -3.20. The fourth-order valence-corrected chi connectivity index (χ4v) is 3.98. The second kappa shape index (κ2) is 10.4. The summed E-state index contributed by atoms with van der Waals surface area (Å²) in [5.41, 5.74) is 1.31. The summed E-state index contributed by atoms with van der Waals surface area (Å²) in [4.78, 5) is 37.7. The van der Waals surface area contributed by atoms with Gasteiger partial charge in [-0.1, -0.05) is 6.92 Å². The molecule has 0 aliphatic carbocycles. The minimum absolute atomic E-state index is 0.00662. The first kappa shape index (κ1) is 22.0. The van der Waals surface area contributed by atoms with Crippen LogP contribution in [-0.4, -0.2) is 72.1 Å². The summed E-state index contributed by atoms with van der Waals surface area (Å²) >= 11 is 0. The van der Waals surface area contributed by atoms with Crippen molar-refractivity contribution in [3.63, 3.8) is 0 Å². The molecule has 2 aliphatic rings. The molecule has 0 bridgehead atoms. The van der Waals surface area contributed by atoms with Crippen molar-refractivity contribution in [3.8, 4) is 0 Å². The number of piperidine rings is 1. The third kappa shape index (κ3) is 5.53. The van der Waals surface area contributed by atoms with Crippen LogP contribution in [0.4, 0.5) is 17.5 Å². The average molecular weight is 439 g/mol. The fraction of sp³-hybridized carbons (Fsp3) is 0.478. The summed E-state index contributed by atoms with van der Waals surface area (Å²) in [5.74, 6) is 1.43. The number of carbonyl (C=O) groups excluding carboxylic acids is 2. The zero-order valence-corrected chi connectivity index (χ0v) is 18.4. The van der Waals surface area contributed by atoms with Crippen LogP contribution in [0, 0.1) is 0 Å². The summed E-state index contributed by atoms with van der Waals surface area (Å²) in [7, 11) is 0. The lowest BCUT2D eigenvalue weighted by Crippen LogP contribution is -2.45. The first-order valence-corrected chi connectivity index (χ1v) is 11.2. The van der Waals surface area contributed by atoms with Gasteiger partial charge in [0.25, 0.3) is 5.91 Å². The molecule has 2 aliphatic heterocycles. The van der Waals surface area contributed by atoms with Crippen molar-refractivity contribution in [2.24, 2.45) is 0 Å². The number of anilines is 3. The predicted molar refractivity (Wildman–Crippen MR) is 123 cm³/mol. The topological polar surface area (TPSA) is 99.7 Å². The molecule has 1 aromatic carbocycles. The van der Waals surface area contributed by atoms with Crippen LogP contribution < -0.4 is 15.5 Å². The van der Waals surface area contributed by atoms with Gasteiger partial charge in [0.1, 0.15) is 5.82 Å². The zero-order chi connectivity index (χ0) is 22.3. The molecular formula is C23H30N6O3. The number of hydrogen-bond acceptors (Lipinski definition) is 7. The molecule has 2 aromatic rings. The van der Waals surface area contributed by atoms with E-state index in [4.69, 9.17) is 4.74 Å². The molecule has 0 saturated carbocycles. The maximum Gasteiger partial charge on any atom is 0.253 e. The Balaban J connectivity index is 1.36. The summed E-state index contributed by atoms with van der Waals surface area (Å²) < 4.78 is 5.42. The Morgan fingerprint density at radius 2 is 1.91 bits per heavy atom. The van der Waals surface area contributed by atoms with Gasteiger partial charge in [-0.15, -0.1) is 0 Å². The Kier molecular flexibility index (Phi) is 7.16. The van der Waals surface area contributed by atoms with Crippen molar-refractivity contribution in [3.05, 3.63) is 42.1 Å². The number of benzene rings is 1. The maximum absolute atomic E-state index is 13.0. The minimum Gasteiger partial charge on any atom is -0.378 e. The normalized spacial score (nSPS) is 18.8. The second-order valence-corrected chi connectivity index (χ2v) is 8.05. The molecule has 9 nitrogen and oxygen atoms in total. The lowest BCUT2D eigenvalue weighted by atomic mass is 10.0. The van der Waals surface area contributed by atoms with Crippen LogP contribution in [0.2, 0.25) is 0 Å². The Morgan fingerprint density at radius 1 is 1.12 bits per heavy atom. The Labute approximate surface area is 188 Å². The van der Waals surface area contributed by atoms with Gasteiger partial charge in [-0.3, -0.25) is 9.59 Å². The molecule has 2 saturated heterocycles. The largest absolute Gasteiger partial charge is 0.378 e. The number of likely N-dealkylation sites (tertiary alicyclic amines) is 1. The number of amides is 2. The Morgan fingerprint density at radius 3 is 2.66 bits per heavy atom. The van der Waals surface area contributed by atoms with Crippen LogP contribution in [0.25, 0.3) is 0 Å². The number of ether oxygens (including phenoxy) is 1. The number of rotatable bonds is 6. The van der Waals surface area contributed by atoms with E-state index in [1.807, 2.05) is 11.0 Å². The van der Waals surface area contributed by atoms with Crippen molar-refractivity contribution in [1.82, 2.24) is 14.9 Å². The van der Waals surface area contributed by atoms with E-state index in [1.165, 1.54) is 0 Å². The van der Waals surface area contributed by atoms with Gasteiger partial charge in [0.05, 0.1) is 13.2 Å². The van der Waals surface area contributed by atoms with E-state index in [2.05, 4.69) is 25.5 Å². The highest BCUT2D eigenvalue weighted by Gasteiger charge is 2.25. The van der Waals surface area contributed by atoms with Gasteiger partial charge in [-0.05, 0) is 43.2 Å². The number of nitrogens with one attached hydrogen (secondary N) is 2. The molecule has 3 heterocycles. The fourth-order valence-electron chi connectivity index (χ4n) is 3.98. The van der Waals surface area contributed by atoms with Crippen LogP contribution in [-0.2, 0) is 9.53 Å². The average Bonchev–Trinajstić information content (AvgIpc) is 2.85. The lowest BCUT2D eigenvalue weighted by molar-refractivity contribution is -0.115. The molecule has 0 radical (unpaired) electrons. The minimum atomic E-state index is -0.0473. The van der Waals surface area contributed by atoms with E-state index in [1.54, 1.807) is 37.4 Å². The standard InChI is InChI=1S/C23H30N6O3/c1-2-21(30)25-18-7-5-17(6-8-18)22(31)29-11-3-4-19(16-29)26-23-24-10-9-20(27-23)28-12-14-32-15-13-28/h5-10,19H,2-4,11-16H2,1H3,(H,25,30)(H,24,26,27). The van der Waals surface area contributed by atoms with Crippen molar-refractivity contribution >= 4 is 29.3 Å². The van der Waals surface area contributed by atoms with Crippen LogP contribution in [0.15, 0.2) is 36.5 Å². The molecule has 32 heavy (non-hydrogen) atoms. The zero-order valence-electron chi connectivity index (χ0n) is 18.4. The number of carbonyl (C=O) groups is 2. The molecule has 1 aromatic heterocycles. The molecule has 2 fully saturated rings. The summed E-state index contributed by atoms with van der Waals surface area (Å²) in [6, 6.07) is 9.08. The second-order valence-electron chi connectivity index (χ2n) is 8.05. The molecule has 0 spiro atoms. The first-order valence-electron chi connectivity index (χ1n) is 11.2. The van der Waals surface area contributed by atoms with Gasteiger partial charge in [0.15, 0.2) is 0 Å². The van der Waals surface area contributed by atoms with Crippen LogP contribution >= 0.6 is 0 Å². The van der Waals surface area contributed by atoms with Crippen LogP contribution in [0.5, 0.6) is 0 Å². The summed E-state index contributed by atoms with van der Waals surface area (Å²) in [5, 5.41) is 6.21. The van der Waals surface area contributed by atoms with E-state index in [-0.39, 0.29) is 17.9 Å².